The van der Waals surface area contributed by atoms with E-state index in [2.05, 4.69) is 25.7 Å². The summed E-state index contributed by atoms with van der Waals surface area (Å²) in [6, 6.07) is 0.619. The van der Waals surface area contributed by atoms with Crippen LogP contribution in [0, 0.1) is 0 Å². The molecule has 84 valence electrons. The van der Waals surface area contributed by atoms with Crippen molar-refractivity contribution < 1.29 is 4.74 Å². The molecule has 0 aromatic carbocycles. The number of ether oxygens (including phenoxy) is 1. The van der Waals surface area contributed by atoms with E-state index in [-0.39, 0.29) is 0 Å². The maximum Gasteiger partial charge on any atom is 0.0645 e. The molecule has 14 heavy (non-hydrogen) atoms. The van der Waals surface area contributed by atoms with Gasteiger partial charge in [0.2, 0.25) is 0 Å². The summed E-state index contributed by atoms with van der Waals surface area (Å²) < 4.78 is 5.28. The molecule has 0 saturated carbocycles. The highest BCUT2D eigenvalue weighted by Gasteiger charge is 1.99. The van der Waals surface area contributed by atoms with Crippen molar-refractivity contribution in [3.63, 3.8) is 0 Å². The molecule has 2 nitrogen and oxygen atoms in total. The van der Waals surface area contributed by atoms with Crippen molar-refractivity contribution in [2.24, 2.45) is 0 Å². The SMILES string of the molecule is C=CCOCCNC(C)CCCCC. The van der Waals surface area contributed by atoms with Gasteiger partial charge in [-0.3, -0.25) is 0 Å². The zero-order valence-electron chi connectivity index (χ0n) is 9.72. The largest absolute Gasteiger partial charge is 0.376 e. The lowest BCUT2D eigenvalue weighted by atomic mass is 10.1. The molecule has 0 bridgehead atoms. The van der Waals surface area contributed by atoms with Crippen molar-refractivity contribution in [1.29, 1.82) is 0 Å². The molecule has 1 N–H and O–H groups in total. The molecule has 0 aliphatic rings. The van der Waals surface area contributed by atoms with Gasteiger partial charge < -0.3 is 10.1 Å². The van der Waals surface area contributed by atoms with Crippen molar-refractivity contribution in [3.8, 4) is 0 Å². The summed E-state index contributed by atoms with van der Waals surface area (Å²) in [5.41, 5.74) is 0. The molecule has 0 fully saturated rings. The first-order chi connectivity index (χ1) is 6.81. The zero-order chi connectivity index (χ0) is 10.6. The van der Waals surface area contributed by atoms with Gasteiger partial charge in [0, 0.05) is 12.6 Å². The average Bonchev–Trinajstić information content (AvgIpc) is 2.18. The number of nitrogens with one attached hydrogen (secondary N) is 1. The van der Waals surface area contributed by atoms with Crippen LogP contribution in [0.3, 0.4) is 0 Å². The molecule has 0 aromatic rings. The molecular formula is C12H25NO. The van der Waals surface area contributed by atoms with E-state index in [1.165, 1.54) is 25.7 Å². The fraction of sp³-hybridized carbons (Fsp3) is 0.833. The first-order valence-electron chi connectivity index (χ1n) is 5.73. The summed E-state index contributed by atoms with van der Waals surface area (Å²) >= 11 is 0. The van der Waals surface area contributed by atoms with E-state index in [9.17, 15) is 0 Å². The quantitative estimate of drug-likeness (QED) is 0.431. The highest BCUT2D eigenvalue weighted by atomic mass is 16.5. The van der Waals surface area contributed by atoms with Gasteiger partial charge in [0.05, 0.1) is 13.2 Å². The van der Waals surface area contributed by atoms with Crippen molar-refractivity contribution in [1.82, 2.24) is 5.32 Å². The van der Waals surface area contributed by atoms with Crippen LogP contribution in [0.25, 0.3) is 0 Å². The summed E-state index contributed by atoms with van der Waals surface area (Å²) in [4.78, 5) is 0. The van der Waals surface area contributed by atoms with Crippen LogP contribution in [0.1, 0.15) is 39.5 Å². The zero-order valence-corrected chi connectivity index (χ0v) is 9.72. The molecule has 0 aromatic heterocycles. The van der Waals surface area contributed by atoms with E-state index < -0.39 is 0 Å². The van der Waals surface area contributed by atoms with Gasteiger partial charge in [-0.1, -0.05) is 32.3 Å². The van der Waals surface area contributed by atoms with Crippen LogP contribution >= 0.6 is 0 Å². The highest BCUT2D eigenvalue weighted by molar-refractivity contribution is 4.64. The van der Waals surface area contributed by atoms with Crippen LogP contribution in [0.2, 0.25) is 0 Å². The van der Waals surface area contributed by atoms with E-state index in [0.29, 0.717) is 12.6 Å². The van der Waals surface area contributed by atoms with Crippen molar-refractivity contribution in [3.05, 3.63) is 12.7 Å². The third-order valence-corrected chi connectivity index (χ3v) is 2.22. The third kappa shape index (κ3) is 9.75. The lowest BCUT2D eigenvalue weighted by molar-refractivity contribution is 0.161. The highest BCUT2D eigenvalue weighted by Crippen LogP contribution is 2.02. The van der Waals surface area contributed by atoms with Crippen molar-refractivity contribution in [2.75, 3.05) is 19.8 Å². The summed E-state index contributed by atoms with van der Waals surface area (Å²) in [5.74, 6) is 0. The molecular weight excluding hydrogens is 174 g/mol. The Balaban J connectivity index is 3.09. The van der Waals surface area contributed by atoms with Gasteiger partial charge in [-0.25, -0.2) is 0 Å². The Hall–Kier alpha value is -0.340. The van der Waals surface area contributed by atoms with Crippen LogP contribution in [0.5, 0.6) is 0 Å². The Kier molecular flexibility index (Phi) is 10.5. The minimum absolute atomic E-state index is 0.619. The topological polar surface area (TPSA) is 21.3 Å². The number of hydrogen-bond acceptors (Lipinski definition) is 2. The molecule has 0 aliphatic carbocycles. The Morgan fingerprint density at radius 1 is 1.43 bits per heavy atom. The fourth-order valence-electron chi connectivity index (χ4n) is 1.35. The minimum atomic E-state index is 0.619. The van der Waals surface area contributed by atoms with Gasteiger partial charge in [-0.2, -0.15) is 0 Å². The number of hydrogen-bond donors (Lipinski definition) is 1. The summed E-state index contributed by atoms with van der Waals surface area (Å²) in [7, 11) is 0. The first-order valence-corrected chi connectivity index (χ1v) is 5.73. The molecule has 0 aliphatic heterocycles. The first kappa shape index (κ1) is 13.7. The van der Waals surface area contributed by atoms with Crippen LogP contribution in [0.4, 0.5) is 0 Å². The Bertz CT molecular complexity index is 125. The molecule has 1 unspecified atom stereocenters. The molecule has 0 saturated heterocycles. The van der Waals surface area contributed by atoms with Crippen LogP contribution in [-0.2, 0) is 4.74 Å². The van der Waals surface area contributed by atoms with Crippen LogP contribution < -0.4 is 5.32 Å². The molecule has 2 heteroatoms. The van der Waals surface area contributed by atoms with Crippen molar-refractivity contribution in [2.45, 2.75) is 45.6 Å². The molecule has 0 rings (SSSR count). The molecule has 1 atom stereocenters. The third-order valence-electron chi connectivity index (χ3n) is 2.22. The van der Waals surface area contributed by atoms with Crippen molar-refractivity contribution >= 4 is 0 Å². The standard InChI is InChI=1S/C12H25NO/c1-4-6-7-8-12(3)13-9-11-14-10-5-2/h5,12-13H,2,4,6-11H2,1,3H3. The number of unbranched alkanes of at least 4 members (excludes halogenated alkanes) is 2. The number of rotatable bonds is 10. The predicted octanol–water partition coefficient (Wildman–Crippen LogP) is 2.75. The summed E-state index contributed by atoms with van der Waals surface area (Å²) in [6.45, 7) is 10.5. The van der Waals surface area contributed by atoms with Gasteiger partial charge in [-0.15, -0.1) is 6.58 Å². The lowest BCUT2D eigenvalue weighted by Gasteiger charge is -2.13. The van der Waals surface area contributed by atoms with Gasteiger partial charge in [0.25, 0.3) is 0 Å². The Labute approximate surface area is 88.7 Å². The minimum Gasteiger partial charge on any atom is -0.376 e. The monoisotopic (exact) mass is 199 g/mol. The lowest BCUT2D eigenvalue weighted by Crippen LogP contribution is -2.29. The van der Waals surface area contributed by atoms with E-state index in [1.807, 2.05) is 0 Å². The normalized spacial score (nSPS) is 12.7. The maximum atomic E-state index is 5.28. The second-order valence-electron chi connectivity index (χ2n) is 3.71. The molecule has 0 amide bonds. The molecule has 0 spiro atoms. The van der Waals surface area contributed by atoms with Gasteiger partial charge in [-0.05, 0) is 13.3 Å². The van der Waals surface area contributed by atoms with E-state index in [1.54, 1.807) is 6.08 Å². The molecule has 0 heterocycles. The predicted molar refractivity (Wildman–Crippen MR) is 62.6 cm³/mol. The van der Waals surface area contributed by atoms with Gasteiger partial charge >= 0.3 is 0 Å². The van der Waals surface area contributed by atoms with E-state index >= 15 is 0 Å². The summed E-state index contributed by atoms with van der Waals surface area (Å²) in [6.07, 6.45) is 7.03. The Morgan fingerprint density at radius 3 is 2.86 bits per heavy atom. The van der Waals surface area contributed by atoms with Crippen LogP contribution in [-0.4, -0.2) is 25.8 Å². The summed E-state index contributed by atoms with van der Waals surface area (Å²) in [5, 5.41) is 3.44. The Morgan fingerprint density at radius 2 is 2.21 bits per heavy atom. The second kappa shape index (κ2) is 10.7. The van der Waals surface area contributed by atoms with Gasteiger partial charge in [0.1, 0.15) is 0 Å². The van der Waals surface area contributed by atoms with E-state index in [4.69, 9.17) is 4.74 Å². The van der Waals surface area contributed by atoms with Gasteiger partial charge in [0.15, 0.2) is 0 Å². The molecule has 0 radical (unpaired) electrons. The van der Waals surface area contributed by atoms with E-state index in [0.717, 1.165) is 13.2 Å². The fourth-order valence-corrected chi connectivity index (χ4v) is 1.35. The second-order valence-corrected chi connectivity index (χ2v) is 3.71. The maximum absolute atomic E-state index is 5.28. The smallest absolute Gasteiger partial charge is 0.0645 e. The van der Waals surface area contributed by atoms with Crippen LogP contribution in [0.15, 0.2) is 12.7 Å². The average molecular weight is 199 g/mol.